The number of anilines is 1. The average molecular weight is 366 g/mol. The van der Waals surface area contributed by atoms with Crippen LogP contribution in [0.4, 0.5) is 14.9 Å². The van der Waals surface area contributed by atoms with E-state index in [0.29, 0.717) is 0 Å². The minimum atomic E-state index is -0.909. The molecule has 2 rings (SSSR count). The maximum absolute atomic E-state index is 12.3. The molecular weight excluding hydrogens is 350 g/mol. The van der Waals surface area contributed by atoms with Gasteiger partial charge in [0.2, 0.25) is 0 Å². The van der Waals surface area contributed by atoms with Crippen molar-refractivity contribution in [3.63, 3.8) is 0 Å². The van der Waals surface area contributed by atoms with Crippen molar-refractivity contribution in [1.29, 1.82) is 0 Å². The van der Waals surface area contributed by atoms with Crippen LogP contribution in [0.3, 0.4) is 0 Å². The maximum atomic E-state index is 12.3. The summed E-state index contributed by atoms with van der Waals surface area (Å²) >= 11 is 0.783. The van der Waals surface area contributed by atoms with Crippen LogP contribution in [-0.4, -0.2) is 33.8 Å². The number of para-hydroxylation sites is 1. The lowest BCUT2D eigenvalue weighted by Gasteiger charge is -2.10. The summed E-state index contributed by atoms with van der Waals surface area (Å²) in [5, 5.41) is 11.3. The second kappa shape index (κ2) is 8.20. The van der Waals surface area contributed by atoms with E-state index in [1.807, 2.05) is 13.8 Å². The van der Waals surface area contributed by atoms with Gasteiger partial charge in [0.25, 0.3) is 10.8 Å². The van der Waals surface area contributed by atoms with E-state index in [1.54, 1.807) is 12.1 Å². The van der Waals surface area contributed by atoms with Crippen LogP contribution >= 0.6 is 11.3 Å². The Hall–Kier alpha value is -3.01. The normalized spacial score (nSPS) is 10.4. The molecule has 25 heavy (non-hydrogen) atoms. The fraction of sp³-hybridized carbons (Fsp3) is 0.267. The summed E-state index contributed by atoms with van der Waals surface area (Å²) in [6.07, 6.45) is 0.201. The van der Waals surface area contributed by atoms with Crippen LogP contribution < -0.4 is 10.1 Å². The standard InChI is InChI=1S/C15H15N3O6S/c1-9(2)8-23-15(20)24-11-6-4-3-5-10(11)13(19)17-14-16-7-12(25-14)18(21)22/h3-7,9H,8H2,1-2H3,(H-,16,17,19,21,22)/p+1. The molecule has 9 nitrogen and oxygen atoms in total. The Labute approximate surface area is 146 Å². The Balaban J connectivity index is 2.09. The summed E-state index contributed by atoms with van der Waals surface area (Å²) in [7, 11) is 0. The monoisotopic (exact) mass is 366 g/mol. The van der Waals surface area contributed by atoms with Crippen molar-refractivity contribution in [1.82, 2.24) is 4.98 Å². The number of hydrogen-bond donors (Lipinski definition) is 2. The number of benzene rings is 1. The van der Waals surface area contributed by atoms with Crippen molar-refractivity contribution in [3.8, 4) is 5.75 Å². The number of nitrogens with one attached hydrogen (secondary N) is 1. The molecule has 0 spiro atoms. The molecule has 0 bridgehead atoms. The van der Waals surface area contributed by atoms with E-state index in [9.17, 15) is 14.5 Å². The first-order valence-corrected chi connectivity index (χ1v) is 8.05. The molecule has 0 unspecified atom stereocenters. The van der Waals surface area contributed by atoms with Crippen molar-refractivity contribution < 1.29 is 29.2 Å². The smallest absolute Gasteiger partial charge is 0.434 e. The summed E-state index contributed by atoms with van der Waals surface area (Å²) in [4.78, 5) is 38.2. The zero-order valence-electron chi connectivity index (χ0n) is 13.5. The summed E-state index contributed by atoms with van der Waals surface area (Å²) < 4.78 is 9.98. The Morgan fingerprint density at radius 1 is 1.36 bits per heavy atom. The maximum Gasteiger partial charge on any atom is 0.513 e. The first kappa shape index (κ1) is 18.3. The number of amides is 1. The molecule has 0 aliphatic rings. The molecule has 2 aromatic rings. The van der Waals surface area contributed by atoms with Gasteiger partial charge < -0.3 is 9.47 Å². The highest BCUT2D eigenvalue weighted by Gasteiger charge is 2.20. The number of ether oxygens (including phenoxy) is 2. The summed E-state index contributed by atoms with van der Waals surface area (Å²) in [6.45, 7) is 3.96. The fourth-order valence-electron chi connectivity index (χ4n) is 1.67. The Morgan fingerprint density at radius 3 is 2.72 bits per heavy atom. The minimum absolute atomic E-state index is 0.0261. The minimum Gasteiger partial charge on any atom is -0.434 e. The lowest BCUT2D eigenvalue weighted by atomic mass is 10.2. The Morgan fingerprint density at radius 2 is 2.08 bits per heavy atom. The summed E-state index contributed by atoms with van der Waals surface area (Å²) in [5.41, 5.74) is 0.0868. The van der Waals surface area contributed by atoms with E-state index in [4.69, 9.17) is 14.7 Å². The molecule has 2 N–H and O–H groups in total. The topological polar surface area (TPSA) is 118 Å². The Kier molecular flexibility index (Phi) is 6.01. The van der Waals surface area contributed by atoms with Crippen molar-refractivity contribution in [3.05, 3.63) is 40.9 Å². The average Bonchev–Trinajstić information content (AvgIpc) is 3.02. The van der Waals surface area contributed by atoms with E-state index in [1.165, 1.54) is 12.1 Å². The fourth-order valence-corrected chi connectivity index (χ4v) is 2.30. The molecule has 0 atom stereocenters. The SMILES string of the molecule is CC(C)COC(=O)Oc1ccccc1C(=O)Nc1ncc([N+](=O)O)s1. The van der Waals surface area contributed by atoms with E-state index >= 15 is 0 Å². The zero-order chi connectivity index (χ0) is 18.4. The third-order valence-electron chi connectivity index (χ3n) is 2.76. The number of rotatable bonds is 6. The van der Waals surface area contributed by atoms with E-state index in [0.717, 1.165) is 17.5 Å². The van der Waals surface area contributed by atoms with Crippen LogP contribution in [0.2, 0.25) is 0 Å². The van der Waals surface area contributed by atoms with Gasteiger partial charge in [-0.25, -0.2) is 15.0 Å². The van der Waals surface area contributed by atoms with Crippen LogP contribution in [0.5, 0.6) is 5.75 Å². The van der Waals surface area contributed by atoms with Crippen molar-refractivity contribution in [2.75, 3.05) is 11.9 Å². The summed E-state index contributed by atoms with van der Waals surface area (Å²) in [6, 6.07) is 6.11. The van der Waals surface area contributed by atoms with E-state index < -0.39 is 12.1 Å². The lowest BCUT2D eigenvalue weighted by molar-refractivity contribution is -0.727. The highest BCUT2D eigenvalue weighted by molar-refractivity contribution is 7.18. The number of thiazole rings is 1. The molecule has 0 saturated heterocycles. The number of carbonyl (C=O) groups is 2. The molecule has 0 radical (unpaired) electrons. The number of hydrogen-bond acceptors (Lipinski definition) is 7. The van der Waals surface area contributed by atoms with Gasteiger partial charge in [-0.3, -0.25) is 10.1 Å². The van der Waals surface area contributed by atoms with Crippen LogP contribution in [0, 0.1) is 10.8 Å². The van der Waals surface area contributed by atoms with E-state index in [2.05, 4.69) is 10.3 Å². The van der Waals surface area contributed by atoms with Gasteiger partial charge in [0, 0.05) is 0 Å². The quantitative estimate of drug-likeness (QED) is 0.457. The van der Waals surface area contributed by atoms with Crippen molar-refractivity contribution in [2.24, 2.45) is 5.92 Å². The van der Waals surface area contributed by atoms with Crippen molar-refractivity contribution in [2.45, 2.75) is 13.8 Å². The van der Waals surface area contributed by atoms with Crippen LogP contribution in [-0.2, 0) is 4.74 Å². The van der Waals surface area contributed by atoms with Gasteiger partial charge in [-0.15, -0.1) is 0 Å². The van der Waals surface area contributed by atoms with E-state index in [-0.39, 0.29) is 38.9 Å². The zero-order valence-corrected chi connectivity index (χ0v) is 14.3. The molecule has 0 aliphatic carbocycles. The molecule has 1 heterocycles. The van der Waals surface area contributed by atoms with Gasteiger partial charge in [0.05, 0.1) is 17.1 Å². The molecule has 0 fully saturated rings. The molecule has 0 aliphatic heterocycles. The third kappa shape index (κ3) is 5.24. The second-order valence-corrected chi connectivity index (χ2v) is 6.29. The first-order chi connectivity index (χ1) is 11.9. The van der Waals surface area contributed by atoms with Crippen molar-refractivity contribution >= 4 is 33.5 Å². The molecule has 132 valence electrons. The first-order valence-electron chi connectivity index (χ1n) is 7.23. The van der Waals surface area contributed by atoms with Gasteiger partial charge in [-0.1, -0.05) is 26.0 Å². The summed E-state index contributed by atoms with van der Waals surface area (Å²) in [5.74, 6) is -0.418. The predicted molar refractivity (Wildman–Crippen MR) is 88.4 cm³/mol. The Bertz CT molecular complexity index is 789. The highest BCUT2D eigenvalue weighted by atomic mass is 32.1. The van der Waals surface area contributed by atoms with Crippen LogP contribution in [0.15, 0.2) is 30.5 Å². The van der Waals surface area contributed by atoms with Gasteiger partial charge in [0.1, 0.15) is 11.9 Å². The number of aromatic nitrogens is 1. The lowest BCUT2D eigenvalue weighted by Crippen LogP contribution is -2.18. The van der Waals surface area contributed by atoms with Crippen LogP contribution in [0.1, 0.15) is 24.2 Å². The second-order valence-electron chi connectivity index (χ2n) is 5.28. The molecule has 1 amide bonds. The molecule has 1 aromatic heterocycles. The van der Waals surface area contributed by atoms with Gasteiger partial charge >= 0.3 is 11.2 Å². The predicted octanol–water partition coefficient (Wildman–Crippen LogP) is 3.37. The molecule has 1 aromatic carbocycles. The molecule has 10 heteroatoms. The largest absolute Gasteiger partial charge is 0.513 e. The third-order valence-corrected chi connectivity index (χ3v) is 3.63. The van der Waals surface area contributed by atoms with Crippen LogP contribution in [0.25, 0.3) is 0 Å². The highest BCUT2D eigenvalue weighted by Crippen LogP contribution is 2.26. The van der Waals surface area contributed by atoms with Gasteiger partial charge in [0.15, 0.2) is 5.13 Å². The number of carbonyl (C=O) groups excluding carboxylic acids is 2. The van der Waals surface area contributed by atoms with Gasteiger partial charge in [-0.05, 0) is 29.4 Å². The van der Waals surface area contributed by atoms with Gasteiger partial charge in [-0.2, -0.15) is 0 Å². The number of nitrogens with zero attached hydrogens (tertiary/aromatic N) is 2. The molecular formula is C15H16N3O6S+. The molecule has 0 saturated carbocycles.